The van der Waals surface area contributed by atoms with Gasteiger partial charge in [-0.15, -0.1) is 0 Å². The molecule has 118 valence electrons. The quantitative estimate of drug-likeness (QED) is 0.888. The minimum absolute atomic E-state index is 0.0437. The molecule has 1 amide bonds. The highest BCUT2D eigenvalue weighted by atomic mass is 79.9. The van der Waals surface area contributed by atoms with E-state index in [4.69, 9.17) is 0 Å². The van der Waals surface area contributed by atoms with Gasteiger partial charge in [-0.25, -0.2) is 4.98 Å². The van der Waals surface area contributed by atoms with Crippen LogP contribution in [0, 0.1) is 0 Å². The van der Waals surface area contributed by atoms with Gasteiger partial charge < -0.3 is 5.32 Å². The van der Waals surface area contributed by atoms with Crippen LogP contribution in [0.5, 0.6) is 0 Å². The van der Waals surface area contributed by atoms with Gasteiger partial charge in [-0.2, -0.15) is 13.2 Å². The fraction of sp³-hybridized carbons (Fsp3) is 0.308. The largest absolute Gasteiger partial charge is 0.405 e. The van der Waals surface area contributed by atoms with Crippen molar-refractivity contribution in [2.75, 3.05) is 6.54 Å². The predicted octanol–water partition coefficient (Wildman–Crippen LogP) is 2.23. The summed E-state index contributed by atoms with van der Waals surface area (Å²) in [4.78, 5) is 27.6. The van der Waals surface area contributed by atoms with E-state index >= 15 is 0 Å². The molecule has 0 radical (unpaired) electrons. The molecule has 0 aliphatic carbocycles. The van der Waals surface area contributed by atoms with E-state index in [0.717, 1.165) is 0 Å². The van der Waals surface area contributed by atoms with E-state index in [-0.39, 0.29) is 18.5 Å². The molecule has 0 saturated carbocycles. The first kappa shape index (κ1) is 16.5. The third-order valence-electron chi connectivity index (χ3n) is 2.85. The first-order valence-electron chi connectivity index (χ1n) is 6.24. The third kappa shape index (κ3) is 4.30. The van der Waals surface area contributed by atoms with Gasteiger partial charge in [0, 0.05) is 17.4 Å². The molecule has 22 heavy (non-hydrogen) atoms. The first-order valence-corrected chi connectivity index (χ1v) is 7.04. The van der Waals surface area contributed by atoms with E-state index in [2.05, 4.69) is 20.9 Å². The number of nitrogens with one attached hydrogen (secondary N) is 1. The zero-order valence-electron chi connectivity index (χ0n) is 11.2. The maximum absolute atomic E-state index is 12.2. The maximum Gasteiger partial charge on any atom is 0.405 e. The number of fused-ring (bicyclic) bond motifs is 1. The van der Waals surface area contributed by atoms with Gasteiger partial charge in [-0.3, -0.25) is 14.2 Å². The van der Waals surface area contributed by atoms with Gasteiger partial charge in [0.2, 0.25) is 5.91 Å². The lowest BCUT2D eigenvalue weighted by molar-refractivity contribution is -0.138. The van der Waals surface area contributed by atoms with Crippen LogP contribution in [0.3, 0.4) is 0 Å². The van der Waals surface area contributed by atoms with E-state index in [9.17, 15) is 22.8 Å². The number of aryl methyl sites for hydroxylation is 1. The molecule has 0 unspecified atom stereocenters. The van der Waals surface area contributed by atoms with Crippen LogP contribution in [0.25, 0.3) is 10.9 Å². The summed E-state index contributed by atoms with van der Waals surface area (Å²) in [6.07, 6.45) is -3.42. The highest BCUT2D eigenvalue weighted by molar-refractivity contribution is 9.10. The minimum atomic E-state index is -4.46. The number of rotatable bonds is 4. The van der Waals surface area contributed by atoms with Crippen molar-refractivity contribution in [3.63, 3.8) is 0 Å². The zero-order chi connectivity index (χ0) is 16.3. The molecule has 2 rings (SSSR count). The Kier molecular flexibility index (Phi) is 4.84. The van der Waals surface area contributed by atoms with Crippen molar-refractivity contribution in [1.29, 1.82) is 0 Å². The second-order valence-corrected chi connectivity index (χ2v) is 5.46. The van der Waals surface area contributed by atoms with Crippen LogP contribution in [0.4, 0.5) is 13.2 Å². The molecule has 0 spiro atoms. The van der Waals surface area contributed by atoms with Gasteiger partial charge in [-0.05, 0) is 18.2 Å². The van der Waals surface area contributed by atoms with Crippen LogP contribution in [0.1, 0.15) is 6.42 Å². The van der Waals surface area contributed by atoms with Gasteiger partial charge in [0.25, 0.3) is 5.56 Å². The Morgan fingerprint density at radius 2 is 2.09 bits per heavy atom. The summed E-state index contributed by atoms with van der Waals surface area (Å²) >= 11 is 3.25. The zero-order valence-corrected chi connectivity index (χ0v) is 12.7. The minimum Gasteiger partial charge on any atom is -0.347 e. The molecule has 0 fully saturated rings. The van der Waals surface area contributed by atoms with Gasteiger partial charge >= 0.3 is 6.18 Å². The molecule has 0 saturated heterocycles. The smallest absolute Gasteiger partial charge is 0.347 e. The monoisotopic (exact) mass is 377 g/mol. The highest BCUT2D eigenvalue weighted by Gasteiger charge is 2.27. The summed E-state index contributed by atoms with van der Waals surface area (Å²) in [5, 5.41) is 2.12. The molecule has 0 atom stereocenters. The van der Waals surface area contributed by atoms with Crippen LogP contribution >= 0.6 is 15.9 Å². The van der Waals surface area contributed by atoms with Crippen molar-refractivity contribution in [2.45, 2.75) is 19.1 Å². The summed E-state index contributed by atoms with van der Waals surface area (Å²) in [6, 6.07) is 5.01. The number of alkyl halides is 3. The Balaban J connectivity index is 2.08. The normalized spacial score (nSPS) is 11.6. The van der Waals surface area contributed by atoms with E-state index < -0.39 is 18.6 Å². The van der Waals surface area contributed by atoms with Crippen LogP contribution in [0.2, 0.25) is 0 Å². The van der Waals surface area contributed by atoms with Crippen LogP contribution in [-0.2, 0) is 11.3 Å². The Morgan fingerprint density at radius 3 is 2.77 bits per heavy atom. The SMILES string of the molecule is O=C(CCn1cnc2ccc(Br)cc2c1=O)NCC(F)(F)F. The average Bonchev–Trinajstić information content (AvgIpc) is 2.44. The third-order valence-corrected chi connectivity index (χ3v) is 3.35. The fourth-order valence-corrected chi connectivity index (χ4v) is 2.16. The summed E-state index contributed by atoms with van der Waals surface area (Å²) in [5.41, 5.74) is 0.154. The van der Waals surface area contributed by atoms with Crippen molar-refractivity contribution in [3.8, 4) is 0 Å². The predicted molar refractivity (Wildman–Crippen MR) is 77.4 cm³/mol. The topological polar surface area (TPSA) is 64.0 Å². The first-order chi connectivity index (χ1) is 10.3. The lowest BCUT2D eigenvalue weighted by atomic mass is 10.2. The van der Waals surface area contributed by atoms with Gasteiger partial charge in [0.15, 0.2) is 0 Å². The number of hydrogen-bond donors (Lipinski definition) is 1. The molecule has 0 bridgehead atoms. The molecule has 5 nitrogen and oxygen atoms in total. The number of benzene rings is 1. The van der Waals surface area contributed by atoms with E-state index in [1.807, 2.05) is 0 Å². The Bertz CT molecular complexity index is 758. The molecule has 0 aliphatic rings. The molecule has 1 heterocycles. The van der Waals surface area contributed by atoms with Crippen LogP contribution in [-0.4, -0.2) is 28.2 Å². The Hall–Kier alpha value is -1.90. The lowest BCUT2D eigenvalue weighted by Gasteiger charge is -2.09. The molecular weight excluding hydrogens is 367 g/mol. The van der Waals surface area contributed by atoms with Crippen molar-refractivity contribution in [2.24, 2.45) is 0 Å². The molecular formula is C13H11BrF3N3O2. The molecule has 1 aromatic carbocycles. The maximum atomic E-state index is 12.2. The van der Waals surface area contributed by atoms with Crippen LogP contribution in [0.15, 0.2) is 33.8 Å². The summed E-state index contributed by atoms with van der Waals surface area (Å²) in [7, 11) is 0. The summed E-state index contributed by atoms with van der Waals surface area (Å²) < 4.78 is 37.8. The number of hydrogen-bond acceptors (Lipinski definition) is 3. The van der Waals surface area contributed by atoms with Gasteiger partial charge in [0.05, 0.1) is 17.2 Å². The summed E-state index contributed by atoms with van der Waals surface area (Å²) in [5.74, 6) is -0.779. The van der Waals surface area contributed by atoms with E-state index in [0.29, 0.717) is 15.4 Å². The van der Waals surface area contributed by atoms with Crippen molar-refractivity contribution in [3.05, 3.63) is 39.4 Å². The molecule has 1 aromatic heterocycles. The van der Waals surface area contributed by atoms with Crippen LogP contribution < -0.4 is 10.9 Å². The van der Waals surface area contributed by atoms with E-state index in [1.165, 1.54) is 10.9 Å². The van der Waals surface area contributed by atoms with E-state index in [1.54, 1.807) is 23.5 Å². The lowest BCUT2D eigenvalue weighted by Crippen LogP contribution is -2.34. The molecule has 1 N–H and O–H groups in total. The number of aromatic nitrogens is 2. The van der Waals surface area contributed by atoms with Crippen molar-refractivity contribution >= 4 is 32.7 Å². The Labute approximate surface area is 131 Å². The molecule has 2 aromatic rings. The number of carbonyl (C=O) groups excluding carboxylic acids is 1. The number of halogens is 4. The number of carbonyl (C=O) groups is 1. The number of nitrogens with zero attached hydrogens (tertiary/aromatic N) is 2. The van der Waals surface area contributed by atoms with Gasteiger partial charge in [-0.1, -0.05) is 15.9 Å². The van der Waals surface area contributed by atoms with Crippen molar-refractivity contribution in [1.82, 2.24) is 14.9 Å². The summed E-state index contributed by atoms with van der Waals surface area (Å²) in [6.45, 7) is -1.43. The second kappa shape index (κ2) is 6.47. The standard InChI is InChI=1S/C13H11BrF3N3O2/c14-8-1-2-10-9(5-8)12(22)20(7-19-10)4-3-11(21)18-6-13(15,16)17/h1-2,5,7H,3-4,6H2,(H,18,21). The molecule has 9 heteroatoms. The van der Waals surface area contributed by atoms with Gasteiger partial charge in [0.1, 0.15) is 6.54 Å². The molecule has 0 aliphatic heterocycles. The fourth-order valence-electron chi connectivity index (χ4n) is 1.80. The average molecular weight is 378 g/mol. The Morgan fingerprint density at radius 1 is 1.36 bits per heavy atom. The number of amides is 1. The highest BCUT2D eigenvalue weighted by Crippen LogP contribution is 2.15. The second-order valence-electron chi connectivity index (χ2n) is 4.55. The van der Waals surface area contributed by atoms with Crippen molar-refractivity contribution < 1.29 is 18.0 Å².